The third-order valence-electron chi connectivity index (χ3n) is 5.04. The van der Waals surface area contributed by atoms with Crippen LogP contribution in [0, 0.1) is 16.7 Å². The number of amides is 1. The molecule has 2 aliphatic heterocycles. The first-order valence-electron chi connectivity index (χ1n) is 7.73. The number of carbonyl (C=O) groups excluding carboxylic acids is 1. The highest BCUT2D eigenvalue weighted by Crippen LogP contribution is 2.39. The van der Waals surface area contributed by atoms with Crippen molar-refractivity contribution in [2.75, 3.05) is 26.2 Å². The Morgan fingerprint density at radius 3 is 2.23 bits per heavy atom. The fraction of sp³-hybridized carbons (Fsp3) is 0.529. The largest absolute Gasteiger partial charge is 0.339 e. The Labute approximate surface area is 137 Å². The summed E-state index contributed by atoms with van der Waals surface area (Å²) >= 11 is 0. The number of rotatable bonds is 1. The number of carbonyl (C=O) groups is 1. The molecule has 2 saturated heterocycles. The van der Waals surface area contributed by atoms with Crippen LogP contribution in [-0.4, -0.2) is 37.0 Å². The molecule has 1 N–H and O–H groups in total. The summed E-state index contributed by atoms with van der Waals surface area (Å²) in [6.45, 7) is 3.95. The van der Waals surface area contributed by atoms with Crippen LogP contribution >= 0.6 is 12.4 Å². The topological polar surface area (TPSA) is 56.1 Å². The Kier molecular flexibility index (Phi) is 5.44. The van der Waals surface area contributed by atoms with Gasteiger partial charge < -0.3 is 10.2 Å². The normalized spacial score (nSPS) is 20.0. The van der Waals surface area contributed by atoms with Gasteiger partial charge in [0.15, 0.2) is 0 Å². The summed E-state index contributed by atoms with van der Waals surface area (Å²) in [4.78, 5) is 14.5. The Balaban J connectivity index is 0.00000176. The van der Waals surface area contributed by atoms with Gasteiger partial charge in [-0.15, -0.1) is 12.4 Å². The van der Waals surface area contributed by atoms with Crippen LogP contribution in [0.5, 0.6) is 0 Å². The number of hydrogen-bond donors (Lipinski definition) is 1. The van der Waals surface area contributed by atoms with E-state index in [0.717, 1.165) is 39.0 Å². The predicted octanol–water partition coefficient (Wildman–Crippen LogP) is 2.59. The number of nitriles is 1. The van der Waals surface area contributed by atoms with Crippen molar-refractivity contribution < 1.29 is 4.79 Å². The highest BCUT2D eigenvalue weighted by molar-refractivity contribution is 5.94. The molecular formula is C17H22ClN3O. The van der Waals surface area contributed by atoms with Gasteiger partial charge in [0.25, 0.3) is 5.91 Å². The molecule has 118 valence electrons. The minimum absolute atomic E-state index is 0. The number of halogens is 1. The zero-order valence-corrected chi connectivity index (χ0v) is 13.5. The second-order valence-corrected chi connectivity index (χ2v) is 6.23. The zero-order valence-electron chi connectivity index (χ0n) is 12.7. The Hall–Kier alpha value is -1.57. The average Bonchev–Trinajstić information content (AvgIpc) is 2.56. The van der Waals surface area contributed by atoms with Crippen LogP contribution in [-0.2, 0) is 0 Å². The fourth-order valence-corrected chi connectivity index (χ4v) is 3.51. The maximum Gasteiger partial charge on any atom is 0.253 e. The third-order valence-corrected chi connectivity index (χ3v) is 5.04. The standard InChI is InChI=1S/C17H21N3O.ClH/c18-13-14-1-3-15(4-2-14)16(21)20-11-7-17(8-12-20)5-9-19-10-6-17;/h1-4,19H,5-12H2;1H. The van der Waals surface area contributed by atoms with E-state index in [1.807, 2.05) is 4.90 Å². The maximum absolute atomic E-state index is 12.5. The lowest BCUT2D eigenvalue weighted by Crippen LogP contribution is -2.47. The number of hydrogen-bond acceptors (Lipinski definition) is 3. The molecule has 0 radical (unpaired) electrons. The van der Waals surface area contributed by atoms with Crippen molar-refractivity contribution >= 4 is 18.3 Å². The maximum atomic E-state index is 12.5. The van der Waals surface area contributed by atoms with E-state index >= 15 is 0 Å². The molecule has 0 aliphatic carbocycles. The molecule has 0 saturated carbocycles. The molecule has 0 bridgehead atoms. The molecule has 0 unspecified atom stereocenters. The van der Waals surface area contributed by atoms with Gasteiger partial charge in [0, 0.05) is 18.7 Å². The van der Waals surface area contributed by atoms with Gasteiger partial charge in [-0.25, -0.2) is 0 Å². The lowest BCUT2D eigenvalue weighted by molar-refractivity contribution is 0.0495. The Morgan fingerprint density at radius 1 is 1.09 bits per heavy atom. The molecule has 1 aromatic rings. The molecule has 2 aliphatic rings. The van der Waals surface area contributed by atoms with Gasteiger partial charge in [0.1, 0.15) is 0 Å². The summed E-state index contributed by atoms with van der Waals surface area (Å²) in [6.07, 6.45) is 4.73. The summed E-state index contributed by atoms with van der Waals surface area (Å²) < 4.78 is 0. The highest BCUT2D eigenvalue weighted by Gasteiger charge is 2.36. The predicted molar refractivity (Wildman–Crippen MR) is 88.1 cm³/mol. The molecule has 4 nitrogen and oxygen atoms in total. The van der Waals surface area contributed by atoms with E-state index in [0.29, 0.717) is 16.5 Å². The summed E-state index contributed by atoms with van der Waals surface area (Å²) in [7, 11) is 0. The van der Waals surface area contributed by atoms with Crippen LogP contribution in [0.15, 0.2) is 24.3 Å². The van der Waals surface area contributed by atoms with Gasteiger partial charge in [-0.2, -0.15) is 5.26 Å². The monoisotopic (exact) mass is 319 g/mol. The molecule has 2 fully saturated rings. The molecule has 0 aromatic heterocycles. The lowest BCUT2D eigenvalue weighted by atomic mass is 9.71. The van der Waals surface area contributed by atoms with Crippen molar-refractivity contribution in [1.29, 1.82) is 5.26 Å². The van der Waals surface area contributed by atoms with Crippen molar-refractivity contribution in [3.8, 4) is 6.07 Å². The minimum Gasteiger partial charge on any atom is -0.339 e. The first-order valence-corrected chi connectivity index (χ1v) is 7.73. The summed E-state index contributed by atoms with van der Waals surface area (Å²) in [5.74, 6) is 0.100. The SMILES string of the molecule is Cl.N#Cc1ccc(C(=O)N2CCC3(CCNCC3)CC2)cc1. The van der Waals surface area contributed by atoms with Crippen LogP contribution in [0.25, 0.3) is 0 Å². The molecule has 0 atom stereocenters. The Bertz CT molecular complexity index is 548. The number of piperidine rings is 2. The third kappa shape index (κ3) is 3.43. The van der Waals surface area contributed by atoms with Crippen LogP contribution in [0.2, 0.25) is 0 Å². The number of nitrogens with zero attached hydrogens (tertiary/aromatic N) is 2. The summed E-state index contributed by atoms with van der Waals surface area (Å²) in [5, 5.41) is 12.2. The van der Waals surface area contributed by atoms with Gasteiger partial charge in [-0.05, 0) is 68.5 Å². The van der Waals surface area contributed by atoms with Crippen LogP contribution in [0.4, 0.5) is 0 Å². The van der Waals surface area contributed by atoms with Gasteiger partial charge in [0.05, 0.1) is 11.6 Å². The van der Waals surface area contributed by atoms with E-state index in [-0.39, 0.29) is 18.3 Å². The smallest absolute Gasteiger partial charge is 0.253 e. The molecule has 1 amide bonds. The number of likely N-dealkylation sites (tertiary alicyclic amines) is 1. The lowest BCUT2D eigenvalue weighted by Gasteiger charge is -2.44. The van der Waals surface area contributed by atoms with Gasteiger partial charge in [0.2, 0.25) is 0 Å². The summed E-state index contributed by atoms with van der Waals surface area (Å²) in [5.41, 5.74) is 1.75. The zero-order chi connectivity index (χ0) is 14.7. The Morgan fingerprint density at radius 2 is 1.68 bits per heavy atom. The van der Waals surface area contributed by atoms with Crippen LogP contribution in [0.3, 0.4) is 0 Å². The van der Waals surface area contributed by atoms with E-state index in [4.69, 9.17) is 5.26 Å². The van der Waals surface area contributed by atoms with Gasteiger partial charge in [-0.3, -0.25) is 4.79 Å². The van der Waals surface area contributed by atoms with Crippen LogP contribution < -0.4 is 5.32 Å². The molecule has 3 rings (SSSR count). The van der Waals surface area contributed by atoms with E-state index < -0.39 is 0 Å². The number of nitrogens with one attached hydrogen (secondary N) is 1. The number of benzene rings is 1. The second-order valence-electron chi connectivity index (χ2n) is 6.23. The molecule has 1 spiro atoms. The molecule has 1 aromatic carbocycles. The van der Waals surface area contributed by atoms with E-state index in [2.05, 4.69) is 11.4 Å². The van der Waals surface area contributed by atoms with Crippen LogP contribution in [0.1, 0.15) is 41.6 Å². The molecule has 22 heavy (non-hydrogen) atoms. The van der Waals surface area contributed by atoms with Crippen molar-refractivity contribution in [3.63, 3.8) is 0 Å². The molecule has 2 heterocycles. The van der Waals surface area contributed by atoms with Crippen molar-refractivity contribution in [2.24, 2.45) is 5.41 Å². The first-order chi connectivity index (χ1) is 10.2. The van der Waals surface area contributed by atoms with Crippen molar-refractivity contribution in [3.05, 3.63) is 35.4 Å². The second kappa shape index (κ2) is 7.13. The average molecular weight is 320 g/mol. The quantitative estimate of drug-likeness (QED) is 0.865. The van der Waals surface area contributed by atoms with Crippen molar-refractivity contribution in [1.82, 2.24) is 10.2 Å². The van der Waals surface area contributed by atoms with Gasteiger partial charge in [-0.1, -0.05) is 0 Å². The minimum atomic E-state index is 0. The first kappa shape index (κ1) is 16.8. The molecule has 5 heteroatoms. The highest BCUT2D eigenvalue weighted by atomic mass is 35.5. The summed E-state index contributed by atoms with van der Waals surface area (Å²) in [6, 6.07) is 9.03. The van der Waals surface area contributed by atoms with E-state index in [1.54, 1.807) is 24.3 Å². The fourth-order valence-electron chi connectivity index (χ4n) is 3.51. The van der Waals surface area contributed by atoms with Crippen molar-refractivity contribution in [2.45, 2.75) is 25.7 Å². The van der Waals surface area contributed by atoms with E-state index in [1.165, 1.54) is 12.8 Å². The van der Waals surface area contributed by atoms with E-state index in [9.17, 15) is 4.79 Å². The molecular weight excluding hydrogens is 298 g/mol. The van der Waals surface area contributed by atoms with Gasteiger partial charge >= 0.3 is 0 Å².